The molecule has 1 fully saturated rings. The van der Waals surface area contributed by atoms with E-state index in [0.29, 0.717) is 12.7 Å². The van der Waals surface area contributed by atoms with Crippen LogP contribution in [0.5, 0.6) is 5.75 Å². The maximum absolute atomic E-state index is 5.71. The lowest BCUT2D eigenvalue weighted by molar-refractivity contribution is 0.0166. The summed E-state index contributed by atoms with van der Waals surface area (Å²) in [4.78, 5) is 4.21. The molecule has 6 heteroatoms. The van der Waals surface area contributed by atoms with E-state index in [4.69, 9.17) is 14.2 Å². The van der Waals surface area contributed by atoms with E-state index in [0.717, 1.165) is 57.2 Å². The van der Waals surface area contributed by atoms with E-state index in [-0.39, 0.29) is 0 Å². The van der Waals surface area contributed by atoms with E-state index in [1.807, 2.05) is 23.0 Å². The highest BCUT2D eigenvalue weighted by Gasteiger charge is 2.14. The van der Waals surface area contributed by atoms with Gasteiger partial charge in [0.25, 0.3) is 0 Å². The second kappa shape index (κ2) is 10.5. The minimum atomic E-state index is 0.323. The van der Waals surface area contributed by atoms with Crippen molar-refractivity contribution in [2.75, 3.05) is 26.4 Å². The predicted molar refractivity (Wildman–Crippen MR) is 99.0 cm³/mol. The third-order valence-corrected chi connectivity index (χ3v) is 4.73. The Balaban J connectivity index is 1.23. The summed E-state index contributed by atoms with van der Waals surface area (Å²) in [5, 5.41) is 5.45. The fraction of sp³-hybridized carbons (Fsp3) is 0.526. The van der Waals surface area contributed by atoms with Crippen molar-refractivity contribution in [2.24, 2.45) is 0 Å². The number of rotatable bonds is 11. The fourth-order valence-corrected chi connectivity index (χ4v) is 3.24. The smallest absolute Gasteiger partial charge is 0.131 e. The van der Waals surface area contributed by atoms with Crippen molar-refractivity contribution in [3.8, 4) is 5.75 Å². The molecule has 1 aromatic carbocycles. The maximum atomic E-state index is 5.71. The van der Waals surface area contributed by atoms with E-state index in [9.17, 15) is 0 Å². The second-order valence-corrected chi connectivity index (χ2v) is 6.87. The molecular formula is C19H26N2O3S. The van der Waals surface area contributed by atoms with Crippen molar-refractivity contribution in [2.45, 2.75) is 38.5 Å². The summed E-state index contributed by atoms with van der Waals surface area (Å²) in [6.45, 7) is 4.75. The summed E-state index contributed by atoms with van der Waals surface area (Å²) in [6, 6.07) is 8.21. The van der Waals surface area contributed by atoms with Gasteiger partial charge in [0.1, 0.15) is 12.4 Å². The van der Waals surface area contributed by atoms with Crippen LogP contribution in [0.3, 0.4) is 0 Å². The Bertz CT molecular complexity index is 583. The summed E-state index contributed by atoms with van der Waals surface area (Å²) >= 11 is 1.58. The van der Waals surface area contributed by atoms with Gasteiger partial charge in [-0.25, -0.2) is 4.98 Å². The summed E-state index contributed by atoms with van der Waals surface area (Å²) < 4.78 is 16.9. The number of aromatic nitrogens is 1. The normalized spacial score (nSPS) is 17.0. The van der Waals surface area contributed by atoms with E-state index >= 15 is 0 Å². The lowest BCUT2D eigenvalue weighted by atomic mass is 10.2. The predicted octanol–water partition coefficient (Wildman–Crippen LogP) is 3.40. The molecule has 3 rings (SSSR count). The zero-order valence-electron chi connectivity index (χ0n) is 14.5. The van der Waals surface area contributed by atoms with Crippen LogP contribution in [-0.4, -0.2) is 37.5 Å². The van der Waals surface area contributed by atoms with Gasteiger partial charge in [-0.3, -0.25) is 0 Å². The Hall–Kier alpha value is -1.47. The van der Waals surface area contributed by atoms with Gasteiger partial charge in [-0.1, -0.05) is 12.1 Å². The first kappa shape index (κ1) is 18.3. The van der Waals surface area contributed by atoms with Crippen molar-refractivity contribution >= 4 is 11.3 Å². The first-order chi connectivity index (χ1) is 12.4. The van der Waals surface area contributed by atoms with Crippen molar-refractivity contribution in [1.82, 2.24) is 10.3 Å². The van der Waals surface area contributed by atoms with E-state index in [1.165, 1.54) is 12.0 Å². The number of nitrogens with one attached hydrogen (secondary N) is 1. The Labute approximate surface area is 153 Å². The molecular weight excluding hydrogens is 336 g/mol. The van der Waals surface area contributed by atoms with Gasteiger partial charge in [-0.15, -0.1) is 11.3 Å². The molecule has 2 aromatic rings. The van der Waals surface area contributed by atoms with Gasteiger partial charge in [0.15, 0.2) is 0 Å². The second-order valence-electron chi connectivity index (χ2n) is 6.15. The molecule has 1 saturated heterocycles. The molecule has 0 radical (unpaired) electrons. The van der Waals surface area contributed by atoms with E-state index < -0.39 is 0 Å². The number of benzene rings is 1. The number of thiazole rings is 1. The standard InChI is InChI=1S/C19H26N2O3S/c1-3-19(23-10-1)13-22-9-2-8-20-11-16-4-6-18(7-5-16)24-12-17-14-25-15-21-17/h4-7,14-15,19-20H,1-3,8-13H2. The molecule has 136 valence electrons. The molecule has 1 aliphatic heterocycles. The largest absolute Gasteiger partial charge is 0.487 e. The summed E-state index contributed by atoms with van der Waals surface area (Å²) in [6.07, 6.45) is 3.65. The Morgan fingerprint density at radius 2 is 2.20 bits per heavy atom. The van der Waals surface area contributed by atoms with E-state index in [1.54, 1.807) is 11.3 Å². The van der Waals surface area contributed by atoms with Gasteiger partial charge in [0, 0.05) is 25.1 Å². The average Bonchev–Trinajstić information content (AvgIpc) is 3.34. The topological polar surface area (TPSA) is 52.6 Å². The zero-order chi connectivity index (χ0) is 17.2. The van der Waals surface area contributed by atoms with Crippen LogP contribution in [0.15, 0.2) is 35.2 Å². The number of ether oxygens (including phenoxy) is 3. The van der Waals surface area contributed by atoms with Crippen LogP contribution in [0.4, 0.5) is 0 Å². The SMILES string of the molecule is c1nc(COc2ccc(CNCCCOCC3CCCO3)cc2)cs1. The first-order valence-electron chi connectivity index (χ1n) is 8.89. The molecule has 0 amide bonds. The van der Waals surface area contributed by atoms with Gasteiger partial charge in [0.2, 0.25) is 0 Å². The maximum Gasteiger partial charge on any atom is 0.131 e. The molecule has 1 aromatic heterocycles. The number of hydrogen-bond acceptors (Lipinski definition) is 6. The molecule has 0 saturated carbocycles. The molecule has 1 N–H and O–H groups in total. The molecule has 0 bridgehead atoms. The average molecular weight is 362 g/mol. The molecule has 5 nitrogen and oxygen atoms in total. The van der Waals surface area contributed by atoms with Crippen molar-refractivity contribution in [1.29, 1.82) is 0 Å². The van der Waals surface area contributed by atoms with Crippen molar-refractivity contribution in [3.63, 3.8) is 0 Å². The van der Waals surface area contributed by atoms with Gasteiger partial charge < -0.3 is 19.5 Å². The van der Waals surface area contributed by atoms with Gasteiger partial charge in [0.05, 0.1) is 23.9 Å². The highest BCUT2D eigenvalue weighted by Crippen LogP contribution is 2.14. The van der Waals surface area contributed by atoms with Crippen molar-refractivity contribution in [3.05, 3.63) is 46.4 Å². The summed E-state index contributed by atoms with van der Waals surface area (Å²) in [5.41, 5.74) is 4.04. The first-order valence-corrected chi connectivity index (χ1v) is 9.83. The molecule has 1 unspecified atom stereocenters. The molecule has 25 heavy (non-hydrogen) atoms. The zero-order valence-corrected chi connectivity index (χ0v) is 15.3. The Kier molecular flexibility index (Phi) is 7.70. The third-order valence-electron chi connectivity index (χ3n) is 4.09. The van der Waals surface area contributed by atoms with Gasteiger partial charge in [-0.2, -0.15) is 0 Å². The number of hydrogen-bond donors (Lipinski definition) is 1. The van der Waals surface area contributed by atoms with Crippen LogP contribution < -0.4 is 10.1 Å². The minimum Gasteiger partial charge on any atom is -0.487 e. The fourth-order valence-electron chi connectivity index (χ4n) is 2.69. The molecule has 1 aliphatic rings. The third kappa shape index (κ3) is 6.74. The summed E-state index contributed by atoms with van der Waals surface area (Å²) in [5.74, 6) is 0.874. The van der Waals surface area contributed by atoms with Crippen LogP contribution in [0.1, 0.15) is 30.5 Å². The highest BCUT2D eigenvalue weighted by molar-refractivity contribution is 7.07. The molecule has 1 atom stereocenters. The lowest BCUT2D eigenvalue weighted by Gasteiger charge is -2.10. The quantitative estimate of drug-likeness (QED) is 0.621. The Morgan fingerprint density at radius 1 is 1.28 bits per heavy atom. The highest BCUT2D eigenvalue weighted by atomic mass is 32.1. The van der Waals surface area contributed by atoms with Crippen LogP contribution in [0.2, 0.25) is 0 Å². The van der Waals surface area contributed by atoms with Crippen LogP contribution in [0, 0.1) is 0 Å². The molecule has 0 spiro atoms. The minimum absolute atomic E-state index is 0.323. The van der Waals surface area contributed by atoms with Gasteiger partial charge in [-0.05, 0) is 43.5 Å². The molecule has 2 heterocycles. The monoisotopic (exact) mass is 362 g/mol. The van der Waals surface area contributed by atoms with Crippen LogP contribution >= 0.6 is 11.3 Å². The number of nitrogens with zero attached hydrogens (tertiary/aromatic N) is 1. The van der Waals surface area contributed by atoms with Crippen LogP contribution in [-0.2, 0) is 22.6 Å². The van der Waals surface area contributed by atoms with Crippen LogP contribution in [0.25, 0.3) is 0 Å². The van der Waals surface area contributed by atoms with E-state index in [2.05, 4.69) is 22.4 Å². The Morgan fingerprint density at radius 3 is 2.96 bits per heavy atom. The molecule has 0 aliphatic carbocycles. The summed E-state index contributed by atoms with van der Waals surface area (Å²) in [7, 11) is 0. The van der Waals surface area contributed by atoms with Crippen molar-refractivity contribution < 1.29 is 14.2 Å². The van der Waals surface area contributed by atoms with Gasteiger partial charge >= 0.3 is 0 Å². The lowest BCUT2D eigenvalue weighted by Crippen LogP contribution is -2.18.